The highest BCUT2D eigenvalue weighted by Crippen LogP contribution is 2.30. The molecule has 1 amide bonds. The first kappa shape index (κ1) is 17.3. The standard InChI is InChI=1S/C16H21N5O4/c1-16(2)9-12(11-25-16)10-19-7-8-20(15(19)18-21(23)24)14(22)13-5-3-4-6-17-13/h3-6,12H,7-11H2,1-2H3. The maximum Gasteiger partial charge on any atom is 0.281 e. The topological polar surface area (TPSA) is 101 Å². The molecule has 1 atom stereocenters. The van der Waals surface area contributed by atoms with E-state index in [1.54, 1.807) is 23.1 Å². The van der Waals surface area contributed by atoms with Gasteiger partial charge in [-0.2, -0.15) is 0 Å². The zero-order chi connectivity index (χ0) is 18.0. The van der Waals surface area contributed by atoms with Gasteiger partial charge in [0.15, 0.2) is 5.03 Å². The number of rotatable bonds is 4. The van der Waals surface area contributed by atoms with E-state index in [0.29, 0.717) is 26.2 Å². The molecular formula is C16H21N5O4. The van der Waals surface area contributed by atoms with Crippen molar-refractivity contribution in [3.05, 3.63) is 40.2 Å². The molecule has 1 unspecified atom stereocenters. The van der Waals surface area contributed by atoms with Crippen LogP contribution in [-0.2, 0) is 4.74 Å². The Morgan fingerprint density at radius 1 is 1.48 bits per heavy atom. The van der Waals surface area contributed by atoms with Crippen LogP contribution in [0.2, 0.25) is 0 Å². The third kappa shape index (κ3) is 3.93. The molecular weight excluding hydrogens is 326 g/mol. The number of carbonyl (C=O) groups is 1. The molecule has 9 nitrogen and oxygen atoms in total. The van der Waals surface area contributed by atoms with Crippen LogP contribution in [0.1, 0.15) is 30.8 Å². The van der Waals surface area contributed by atoms with Gasteiger partial charge in [-0.25, -0.2) is 10.1 Å². The summed E-state index contributed by atoms with van der Waals surface area (Å²) in [4.78, 5) is 30.7. The SMILES string of the molecule is CC1(C)CC(CN2CCN(C(=O)c3ccccn3)C2=N[N+](=O)[O-])CO1. The molecule has 0 saturated carbocycles. The number of carbonyl (C=O) groups excluding carboxylic acids is 1. The molecule has 134 valence electrons. The van der Waals surface area contributed by atoms with Gasteiger partial charge in [0.1, 0.15) is 10.8 Å². The van der Waals surface area contributed by atoms with E-state index in [0.717, 1.165) is 6.42 Å². The van der Waals surface area contributed by atoms with E-state index >= 15 is 0 Å². The van der Waals surface area contributed by atoms with Gasteiger partial charge in [0.2, 0.25) is 0 Å². The molecule has 0 bridgehead atoms. The molecule has 0 spiro atoms. The Hall–Kier alpha value is -2.55. The summed E-state index contributed by atoms with van der Waals surface area (Å²) in [5.74, 6) is -0.0612. The molecule has 0 aromatic carbocycles. The number of hydrazone groups is 1. The van der Waals surface area contributed by atoms with Crippen LogP contribution in [0, 0.1) is 16.0 Å². The van der Waals surface area contributed by atoms with Gasteiger partial charge >= 0.3 is 0 Å². The number of guanidine groups is 1. The first-order chi connectivity index (χ1) is 11.9. The molecule has 2 aliphatic heterocycles. The molecule has 1 aromatic heterocycles. The minimum atomic E-state index is -0.762. The van der Waals surface area contributed by atoms with Crippen molar-refractivity contribution in [2.24, 2.45) is 11.0 Å². The summed E-state index contributed by atoms with van der Waals surface area (Å²) in [7, 11) is 0. The van der Waals surface area contributed by atoms with Gasteiger partial charge in [-0.05, 0) is 32.4 Å². The lowest BCUT2D eigenvalue weighted by molar-refractivity contribution is -0.486. The molecule has 2 fully saturated rings. The Bertz CT molecular complexity index is 691. The van der Waals surface area contributed by atoms with Crippen molar-refractivity contribution in [3.63, 3.8) is 0 Å². The van der Waals surface area contributed by atoms with Crippen molar-refractivity contribution in [2.45, 2.75) is 25.9 Å². The number of aromatic nitrogens is 1. The number of amides is 1. The Morgan fingerprint density at radius 2 is 2.28 bits per heavy atom. The van der Waals surface area contributed by atoms with E-state index in [9.17, 15) is 14.9 Å². The van der Waals surface area contributed by atoms with Crippen molar-refractivity contribution < 1.29 is 14.6 Å². The van der Waals surface area contributed by atoms with Crippen molar-refractivity contribution in [3.8, 4) is 0 Å². The molecule has 2 saturated heterocycles. The predicted octanol–water partition coefficient (Wildman–Crippen LogP) is 1.20. The Morgan fingerprint density at radius 3 is 2.88 bits per heavy atom. The van der Waals surface area contributed by atoms with Gasteiger partial charge in [0.25, 0.3) is 11.9 Å². The Balaban J connectivity index is 1.77. The number of ether oxygens (including phenoxy) is 1. The summed E-state index contributed by atoms with van der Waals surface area (Å²) in [5, 5.41) is 13.7. The zero-order valence-electron chi connectivity index (χ0n) is 14.3. The van der Waals surface area contributed by atoms with Crippen LogP contribution < -0.4 is 0 Å². The van der Waals surface area contributed by atoms with E-state index in [1.165, 1.54) is 11.1 Å². The largest absolute Gasteiger partial charge is 0.375 e. The van der Waals surface area contributed by atoms with E-state index in [2.05, 4.69) is 10.1 Å². The lowest BCUT2D eigenvalue weighted by atomic mass is 9.97. The van der Waals surface area contributed by atoms with Crippen molar-refractivity contribution >= 4 is 11.9 Å². The molecule has 2 aliphatic rings. The number of hydrogen-bond donors (Lipinski definition) is 0. The van der Waals surface area contributed by atoms with E-state index in [1.807, 2.05) is 13.8 Å². The number of nitrogens with zero attached hydrogens (tertiary/aromatic N) is 5. The van der Waals surface area contributed by atoms with Crippen molar-refractivity contribution in [1.29, 1.82) is 0 Å². The summed E-state index contributed by atoms with van der Waals surface area (Å²) in [6.45, 7) is 6.08. The second-order valence-electron chi connectivity index (χ2n) is 6.90. The Kier molecular flexibility index (Phi) is 4.67. The van der Waals surface area contributed by atoms with Gasteiger partial charge in [-0.15, -0.1) is 0 Å². The predicted molar refractivity (Wildman–Crippen MR) is 89.4 cm³/mol. The summed E-state index contributed by atoms with van der Waals surface area (Å²) in [6.07, 6.45) is 2.38. The molecule has 9 heteroatoms. The number of nitro groups is 1. The molecule has 25 heavy (non-hydrogen) atoms. The van der Waals surface area contributed by atoms with E-state index < -0.39 is 5.03 Å². The van der Waals surface area contributed by atoms with Gasteiger partial charge in [-0.3, -0.25) is 14.7 Å². The fourth-order valence-corrected chi connectivity index (χ4v) is 3.36. The second kappa shape index (κ2) is 6.75. The summed E-state index contributed by atoms with van der Waals surface area (Å²) in [6, 6.07) is 5.00. The van der Waals surface area contributed by atoms with Crippen LogP contribution >= 0.6 is 0 Å². The van der Waals surface area contributed by atoms with Gasteiger partial charge < -0.3 is 9.64 Å². The van der Waals surface area contributed by atoms with Crippen LogP contribution in [0.4, 0.5) is 0 Å². The molecule has 0 radical (unpaired) electrons. The van der Waals surface area contributed by atoms with Gasteiger partial charge in [0, 0.05) is 31.7 Å². The lowest BCUT2D eigenvalue weighted by Gasteiger charge is -2.22. The van der Waals surface area contributed by atoms with E-state index in [-0.39, 0.29) is 29.1 Å². The molecule has 1 aromatic rings. The smallest absolute Gasteiger partial charge is 0.281 e. The average molecular weight is 347 g/mol. The molecule has 0 aliphatic carbocycles. The third-order valence-corrected chi connectivity index (χ3v) is 4.39. The van der Waals surface area contributed by atoms with Crippen LogP contribution in [0.3, 0.4) is 0 Å². The molecule has 0 N–H and O–H groups in total. The van der Waals surface area contributed by atoms with E-state index in [4.69, 9.17) is 4.74 Å². The maximum atomic E-state index is 12.6. The fourth-order valence-electron chi connectivity index (χ4n) is 3.36. The lowest BCUT2D eigenvalue weighted by Crippen LogP contribution is -2.40. The second-order valence-corrected chi connectivity index (χ2v) is 6.90. The number of pyridine rings is 1. The fraction of sp³-hybridized carbons (Fsp3) is 0.562. The monoisotopic (exact) mass is 347 g/mol. The zero-order valence-corrected chi connectivity index (χ0v) is 14.3. The molecule has 3 rings (SSSR count). The first-order valence-corrected chi connectivity index (χ1v) is 8.20. The Labute approximate surface area is 145 Å². The van der Waals surface area contributed by atoms with Crippen LogP contribution in [0.15, 0.2) is 29.5 Å². The number of hydrogen-bond acceptors (Lipinski definition) is 5. The minimum absolute atomic E-state index is 0.0744. The van der Waals surface area contributed by atoms with Crippen LogP contribution in [-0.4, -0.2) is 63.5 Å². The first-order valence-electron chi connectivity index (χ1n) is 8.20. The van der Waals surface area contributed by atoms with Crippen molar-refractivity contribution in [2.75, 3.05) is 26.2 Å². The maximum absolute atomic E-state index is 12.6. The van der Waals surface area contributed by atoms with Crippen LogP contribution in [0.25, 0.3) is 0 Å². The normalized spacial score (nSPS) is 24.1. The highest BCUT2D eigenvalue weighted by Gasteiger charge is 2.39. The van der Waals surface area contributed by atoms with Crippen LogP contribution in [0.5, 0.6) is 0 Å². The summed E-state index contributed by atoms with van der Waals surface area (Å²) >= 11 is 0. The summed E-state index contributed by atoms with van der Waals surface area (Å²) in [5.41, 5.74) is 0.0552. The highest BCUT2D eigenvalue weighted by molar-refractivity contribution is 6.05. The molecule has 3 heterocycles. The highest BCUT2D eigenvalue weighted by atomic mass is 16.7. The quantitative estimate of drug-likeness (QED) is 0.599. The van der Waals surface area contributed by atoms with Gasteiger partial charge in [0.05, 0.1) is 12.2 Å². The third-order valence-electron chi connectivity index (χ3n) is 4.39. The summed E-state index contributed by atoms with van der Waals surface area (Å²) < 4.78 is 5.73. The van der Waals surface area contributed by atoms with Gasteiger partial charge in [-0.1, -0.05) is 6.07 Å². The van der Waals surface area contributed by atoms with Crippen molar-refractivity contribution in [1.82, 2.24) is 14.8 Å². The minimum Gasteiger partial charge on any atom is -0.375 e. The average Bonchev–Trinajstić information content (AvgIpc) is 3.11.